The molecule has 0 aliphatic carbocycles. The van der Waals surface area contributed by atoms with Crippen molar-refractivity contribution >= 4 is 5.91 Å². The standard InChI is InChI=1S/C18H30N2O3/c1-6-20(7-2)13-9-10-14(3)19-18(21)15-11-8-12-16(22-4)17(15)23-5/h8,11-12,14H,6-7,9-10,13H2,1-5H3,(H,19,21). The molecule has 130 valence electrons. The highest BCUT2D eigenvalue weighted by molar-refractivity contribution is 5.97. The zero-order valence-electron chi connectivity index (χ0n) is 15.0. The number of benzene rings is 1. The molecule has 1 unspecified atom stereocenters. The van der Waals surface area contributed by atoms with Crippen molar-refractivity contribution < 1.29 is 14.3 Å². The maximum Gasteiger partial charge on any atom is 0.255 e. The fourth-order valence-electron chi connectivity index (χ4n) is 2.60. The van der Waals surface area contributed by atoms with Gasteiger partial charge in [0.2, 0.25) is 0 Å². The molecule has 0 saturated heterocycles. The molecule has 0 saturated carbocycles. The van der Waals surface area contributed by atoms with Gasteiger partial charge in [-0.1, -0.05) is 19.9 Å². The summed E-state index contributed by atoms with van der Waals surface area (Å²) in [6.45, 7) is 9.58. The average Bonchev–Trinajstić information content (AvgIpc) is 2.57. The van der Waals surface area contributed by atoms with Crippen LogP contribution in [0.3, 0.4) is 0 Å². The predicted molar refractivity (Wildman–Crippen MR) is 93.5 cm³/mol. The number of carbonyl (C=O) groups excluding carboxylic acids is 1. The van der Waals surface area contributed by atoms with E-state index in [0.29, 0.717) is 17.1 Å². The quantitative estimate of drug-likeness (QED) is 0.719. The Labute approximate surface area is 140 Å². The smallest absolute Gasteiger partial charge is 0.255 e. The molecule has 1 N–H and O–H groups in total. The second-order valence-corrected chi connectivity index (χ2v) is 5.58. The first-order chi connectivity index (χ1) is 11.1. The molecular formula is C18H30N2O3. The molecule has 1 rings (SSSR count). The summed E-state index contributed by atoms with van der Waals surface area (Å²) in [6.07, 6.45) is 2.02. The molecule has 0 aliphatic rings. The van der Waals surface area contributed by atoms with Gasteiger partial charge in [0.05, 0.1) is 19.8 Å². The summed E-state index contributed by atoms with van der Waals surface area (Å²) in [6, 6.07) is 5.44. The molecule has 1 amide bonds. The summed E-state index contributed by atoms with van der Waals surface area (Å²) in [4.78, 5) is 14.8. The van der Waals surface area contributed by atoms with Crippen molar-refractivity contribution in [3.63, 3.8) is 0 Å². The number of nitrogens with one attached hydrogen (secondary N) is 1. The van der Waals surface area contributed by atoms with Crippen LogP contribution in [0, 0.1) is 0 Å². The van der Waals surface area contributed by atoms with Crippen molar-refractivity contribution in [3.05, 3.63) is 23.8 Å². The zero-order chi connectivity index (χ0) is 17.2. The van der Waals surface area contributed by atoms with Gasteiger partial charge in [0, 0.05) is 6.04 Å². The lowest BCUT2D eigenvalue weighted by molar-refractivity contribution is 0.0933. The summed E-state index contributed by atoms with van der Waals surface area (Å²) < 4.78 is 10.6. The number of ether oxygens (including phenoxy) is 2. The van der Waals surface area contributed by atoms with Crippen LogP contribution >= 0.6 is 0 Å². The molecule has 23 heavy (non-hydrogen) atoms. The molecule has 5 heteroatoms. The fourth-order valence-corrected chi connectivity index (χ4v) is 2.60. The topological polar surface area (TPSA) is 50.8 Å². The van der Waals surface area contributed by atoms with E-state index in [0.717, 1.165) is 32.5 Å². The lowest BCUT2D eigenvalue weighted by atomic mass is 10.1. The number of nitrogens with zero attached hydrogens (tertiary/aromatic N) is 1. The number of hydrogen-bond acceptors (Lipinski definition) is 4. The Hall–Kier alpha value is -1.75. The lowest BCUT2D eigenvalue weighted by Crippen LogP contribution is -2.34. The van der Waals surface area contributed by atoms with Gasteiger partial charge in [-0.15, -0.1) is 0 Å². The molecule has 0 fully saturated rings. The van der Waals surface area contributed by atoms with Gasteiger partial charge in [0.25, 0.3) is 5.91 Å². The number of methoxy groups -OCH3 is 2. The molecule has 5 nitrogen and oxygen atoms in total. The predicted octanol–water partition coefficient (Wildman–Crippen LogP) is 2.94. The second kappa shape index (κ2) is 10.1. The largest absolute Gasteiger partial charge is 0.493 e. The normalized spacial score (nSPS) is 12.1. The summed E-state index contributed by atoms with van der Waals surface area (Å²) in [5.74, 6) is 0.910. The third-order valence-corrected chi connectivity index (χ3v) is 4.03. The molecule has 1 atom stereocenters. The van der Waals surface area contributed by atoms with E-state index in [-0.39, 0.29) is 11.9 Å². The molecule has 0 bridgehead atoms. The Morgan fingerprint density at radius 2 is 1.91 bits per heavy atom. The highest BCUT2D eigenvalue weighted by Crippen LogP contribution is 2.30. The van der Waals surface area contributed by atoms with Crippen LogP contribution in [0.4, 0.5) is 0 Å². The van der Waals surface area contributed by atoms with Crippen molar-refractivity contribution in [2.45, 2.75) is 39.7 Å². The van der Waals surface area contributed by atoms with Crippen LogP contribution in [0.1, 0.15) is 44.0 Å². The number of rotatable bonds is 10. The van der Waals surface area contributed by atoms with Crippen molar-refractivity contribution in [2.75, 3.05) is 33.9 Å². The second-order valence-electron chi connectivity index (χ2n) is 5.58. The SMILES string of the molecule is CCN(CC)CCCC(C)NC(=O)c1cccc(OC)c1OC. The Morgan fingerprint density at radius 3 is 2.48 bits per heavy atom. The van der Waals surface area contributed by atoms with Crippen LogP contribution in [0.25, 0.3) is 0 Å². The van der Waals surface area contributed by atoms with Gasteiger partial charge >= 0.3 is 0 Å². The van der Waals surface area contributed by atoms with Crippen LogP contribution in [-0.2, 0) is 0 Å². The van der Waals surface area contributed by atoms with Crippen LogP contribution in [0.5, 0.6) is 11.5 Å². The molecular weight excluding hydrogens is 292 g/mol. The monoisotopic (exact) mass is 322 g/mol. The van der Waals surface area contributed by atoms with E-state index in [1.165, 1.54) is 0 Å². The van der Waals surface area contributed by atoms with Gasteiger partial charge in [-0.25, -0.2) is 0 Å². The third-order valence-electron chi connectivity index (χ3n) is 4.03. The molecule has 1 aromatic rings. The minimum atomic E-state index is -0.129. The zero-order valence-corrected chi connectivity index (χ0v) is 15.0. The van der Waals surface area contributed by atoms with Gasteiger partial charge < -0.3 is 19.7 Å². The first-order valence-electron chi connectivity index (χ1n) is 8.31. The Kier molecular flexibility index (Phi) is 8.48. The highest BCUT2D eigenvalue weighted by atomic mass is 16.5. The minimum Gasteiger partial charge on any atom is -0.493 e. The Morgan fingerprint density at radius 1 is 1.22 bits per heavy atom. The summed E-state index contributed by atoms with van der Waals surface area (Å²) in [5, 5.41) is 3.04. The minimum absolute atomic E-state index is 0.119. The van der Waals surface area contributed by atoms with Gasteiger partial charge in [0.15, 0.2) is 11.5 Å². The number of carbonyl (C=O) groups is 1. The van der Waals surface area contributed by atoms with E-state index >= 15 is 0 Å². The van der Waals surface area contributed by atoms with Gasteiger partial charge in [-0.2, -0.15) is 0 Å². The van der Waals surface area contributed by atoms with Crippen molar-refractivity contribution in [2.24, 2.45) is 0 Å². The Balaban J connectivity index is 2.59. The fraction of sp³-hybridized carbons (Fsp3) is 0.611. The summed E-state index contributed by atoms with van der Waals surface area (Å²) in [5.41, 5.74) is 0.502. The van der Waals surface area contributed by atoms with E-state index in [2.05, 4.69) is 24.1 Å². The average molecular weight is 322 g/mol. The van der Waals surface area contributed by atoms with E-state index < -0.39 is 0 Å². The number of amides is 1. The van der Waals surface area contributed by atoms with Crippen LogP contribution in [-0.4, -0.2) is 50.7 Å². The van der Waals surface area contributed by atoms with E-state index in [1.807, 2.05) is 6.92 Å². The third kappa shape index (κ3) is 5.75. The molecule has 0 aliphatic heterocycles. The van der Waals surface area contributed by atoms with E-state index in [1.54, 1.807) is 32.4 Å². The van der Waals surface area contributed by atoms with Crippen molar-refractivity contribution in [1.29, 1.82) is 0 Å². The van der Waals surface area contributed by atoms with Gasteiger partial charge in [-0.05, 0) is 51.5 Å². The first-order valence-corrected chi connectivity index (χ1v) is 8.31. The first kappa shape index (κ1) is 19.3. The maximum absolute atomic E-state index is 12.5. The molecule has 0 spiro atoms. The van der Waals surface area contributed by atoms with Gasteiger partial charge in [0.1, 0.15) is 0 Å². The molecule has 0 aromatic heterocycles. The van der Waals surface area contributed by atoms with Crippen molar-refractivity contribution in [3.8, 4) is 11.5 Å². The summed E-state index contributed by atoms with van der Waals surface area (Å²) >= 11 is 0. The Bertz CT molecular complexity index is 487. The van der Waals surface area contributed by atoms with Crippen molar-refractivity contribution in [1.82, 2.24) is 10.2 Å². The highest BCUT2D eigenvalue weighted by Gasteiger charge is 2.17. The number of hydrogen-bond donors (Lipinski definition) is 1. The summed E-state index contributed by atoms with van der Waals surface area (Å²) in [7, 11) is 3.11. The molecule has 0 radical (unpaired) electrons. The van der Waals surface area contributed by atoms with Gasteiger partial charge in [-0.3, -0.25) is 4.79 Å². The van der Waals surface area contributed by atoms with E-state index in [4.69, 9.17) is 9.47 Å². The van der Waals surface area contributed by atoms with Crippen LogP contribution < -0.4 is 14.8 Å². The number of para-hydroxylation sites is 1. The molecule has 1 aromatic carbocycles. The molecule has 0 heterocycles. The van der Waals surface area contributed by atoms with Crippen LogP contribution in [0.2, 0.25) is 0 Å². The van der Waals surface area contributed by atoms with E-state index in [9.17, 15) is 4.79 Å². The van der Waals surface area contributed by atoms with Crippen LogP contribution in [0.15, 0.2) is 18.2 Å². The lowest BCUT2D eigenvalue weighted by Gasteiger charge is -2.20. The maximum atomic E-state index is 12.5.